The van der Waals surface area contributed by atoms with E-state index < -0.39 is 0 Å². The highest BCUT2D eigenvalue weighted by Crippen LogP contribution is 2.09. The number of halogens is 1. The number of esters is 1. The van der Waals surface area contributed by atoms with Gasteiger partial charge in [-0.2, -0.15) is 0 Å². The summed E-state index contributed by atoms with van der Waals surface area (Å²) in [6, 6.07) is 0. The topological polar surface area (TPSA) is 26.3 Å². The number of allylic oxidation sites excluding steroid dienone is 2. The first-order valence-electron chi connectivity index (χ1n) is 4.38. The molecule has 0 atom stereocenters. The summed E-state index contributed by atoms with van der Waals surface area (Å²) in [6.45, 7) is 5.58. The second-order valence-electron chi connectivity index (χ2n) is 3.75. The van der Waals surface area contributed by atoms with Gasteiger partial charge in [0.15, 0.2) is 0 Å². The number of ether oxygens (including phenoxy) is 1. The van der Waals surface area contributed by atoms with Crippen LogP contribution in [0, 0.1) is 0 Å². The average molecular weight is 205 g/mol. The van der Waals surface area contributed by atoms with Gasteiger partial charge in [0, 0.05) is 12.3 Å². The Morgan fingerprint density at radius 1 is 1.38 bits per heavy atom. The van der Waals surface area contributed by atoms with Gasteiger partial charge >= 0.3 is 5.97 Å². The Bertz CT molecular complexity index is 180. The molecule has 0 aliphatic carbocycles. The molecule has 0 bridgehead atoms. The molecule has 0 aromatic carbocycles. The first-order valence-corrected chi connectivity index (χ1v) is 4.92. The summed E-state index contributed by atoms with van der Waals surface area (Å²) in [5, 5.41) is 0. The largest absolute Gasteiger partial charge is 0.460 e. The molecular weight excluding hydrogens is 188 g/mol. The van der Waals surface area contributed by atoms with Gasteiger partial charge in [-0.3, -0.25) is 4.79 Å². The van der Waals surface area contributed by atoms with Crippen molar-refractivity contribution in [2.24, 2.45) is 0 Å². The quantitative estimate of drug-likeness (QED) is 0.400. The molecule has 0 rings (SSSR count). The molecule has 0 heterocycles. The minimum atomic E-state index is -0.382. The molecule has 0 spiro atoms. The Labute approximate surface area is 84.9 Å². The second-order valence-corrected chi connectivity index (χ2v) is 4.06. The summed E-state index contributed by atoms with van der Waals surface area (Å²) in [5.41, 5.74) is -0.382. The minimum absolute atomic E-state index is 0.160. The molecule has 13 heavy (non-hydrogen) atoms. The zero-order chi connectivity index (χ0) is 10.3. The van der Waals surface area contributed by atoms with Crippen molar-refractivity contribution >= 4 is 17.6 Å². The maximum Gasteiger partial charge on any atom is 0.306 e. The van der Waals surface area contributed by atoms with Crippen LogP contribution in [0.4, 0.5) is 0 Å². The summed E-state index contributed by atoms with van der Waals surface area (Å²) in [4.78, 5) is 11.1. The van der Waals surface area contributed by atoms with Crippen molar-refractivity contribution < 1.29 is 9.53 Å². The number of hydrogen-bond donors (Lipinski definition) is 0. The van der Waals surface area contributed by atoms with Gasteiger partial charge in [-0.05, 0) is 27.2 Å². The van der Waals surface area contributed by atoms with Crippen LogP contribution in [-0.2, 0) is 9.53 Å². The van der Waals surface area contributed by atoms with Gasteiger partial charge in [0.1, 0.15) is 5.60 Å². The molecule has 0 aliphatic rings. The van der Waals surface area contributed by atoms with Crippen molar-refractivity contribution in [3.63, 3.8) is 0 Å². The van der Waals surface area contributed by atoms with Gasteiger partial charge < -0.3 is 4.74 Å². The van der Waals surface area contributed by atoms with Crippen molar-refractivity contribution in [1.82, 2.24) is 0 Å². The molecule has 0 saturated carbocycles. The van der Waals surface area contributed by atoms with E-state index in [1.165, 1.54) is 0 Å². The van der Waals surface area contributed by atoms with Crippen LogP contribution in [-0.4, -0.2) is 17.5 Å². The van der Waals surface area contributed by atoms with Crippen LogP contribution in [0.2, 0.25) is 0 Å². The number of rotatable bonds is 4. The fraction of sp³-hybridized carbons (Fsp3) is 0.700. The SMILES string of the molecule is CC(C)(C)OC(=O)CC/C=C/CCl. The maximum absolute atomic E-state index is 11.1. The highest BCUT2D eigenvalue weighted by atomic mass is 35.5. The predicted molar refractivity (Wildman–Crippen MR) is 54.9 cm³/mol. The lowest BCUT2D eigenvalue weighted by molar-refractivity contribution is -0.154. The van der Waals surface area contributed by atoms with Crippen LogP contribution in [0.5, 0.6) is 0 Å². The summed E-state index contributed by atoms with van der Waals surface area (Å²) < 4.78 is 5.11. The number of hydrogen-bond acceptors (Lipinski definition) is 2. The van der Waals surface area contributed by atoms with Crippen LogP contribution < -0.4 is 0 Å². The highest BCUT2D eigenvalue weighted by Gasteiger charge is 2.14. The molecule has 0 aromatic rings. The van der Waals surface area contributed by atoms with E-state index in [0.29, 0.717) is 18.7 Å². The molecular formula is C10H17ClO2. The molecule has 0 N–H and O–H groups in total. The number of carbonyl (C=O) groups is 1. The normalized spacial score (nSPS) is 12.0. The summed E-state index contributed by atoms with van der Waals surface area (Å²) in [6.07, 6.45) is 4.83. The van der Waals surface area contributed by atoms with Gasteiger partial charge in [-0.25, -0.2) is 0 Å². The van der Waals surface area contributed by atoms with E-state index in [9.17, 15) is 4.79 Å². The maximum atomic E-state index is 11.1. The van der Waals surface area contributed by atoms with E-state index >= 15 is 0 Å². The van der Waals surface area contributed by atoms with Gasteiger partial charge in [-0.15, -0.1) is 11.6 Å². The molecule has 0 aromatic heterocycles. The lowest BCUT2D eigenvalue weighted by Crippen LogP contribution is -2.23. The lowest BCUT2D eigenvalue weighted by Gasteiger charge is -2.19. The standard InChI is InChI=1S/C10H17ClO2/c1-10(2,3)13-9(12)7-5-4-6-8-11/h4,6H,5,7-8H2,1-3H3/b6-4+. The third-order valence-electron chi connectivity index (χ3n) is 1.19. The fourth-order valence-electron chi connectivity index (χ4n) is 0.775. The molecule has 76 valence electrons. The van der Waals surface area contributed by atoms with Crippen molar-refractivity contribution in [2.75, 3.05) is 5.88 Å². The predicted octanol–water partition coefficient (Wildman–Crippen LogP) is 2.90. The molecule has 0 aliphatic heterocycles. The van der Waals surface area contributed by atoms with Crippen LogP contribution >= 0.6 is 11.6 Å². The van der Waals surface area contributed by atoms with E-state index in [4.69, 9.17) is 16.3 Å². The van der Waals surface area contributed by atoms with Gasteiger partial charge in [0.25, 0.3) is 0 Å². The monoisotopic (exact) mass is 204 g/mol. The Morgan fingerprint density at radius 2 is 2.00 bits per heavy atom. The van der Waals surface area contributed by atoms with E-state index in [1.54, 1.807) is 0 Å². The van der Waals surface area contributed by atoms with E-state index in [2.05, 4.69) is 0 Å². The van der Waals surface area contributed by atoms with Gasteiger partial charge in [0.05, 0.1) is 0 Å². The molecule has 0 fully saturated rings. The van der Waals surface area contributed by atoms with Crippen LogP contribution in [0.3, 0.4) is 0 Å². The first kappa shape index (κ1) is 12.5. The van der Waals surface area contributed by atoms with Crippen molar-refractivity contribution in [2.45, 2.75) is 39.2 Å². The van der Waals surface area contributed by atoms with E-state index in [0.717, 1.165) is 0 Å². The molecule has 0 saturated heterocycles. The third kappa shape index (κ3) is 9.41. The second kappa shape index (κ2) is 6.03. The number of carbonyl (C=O) groups excluding carboxylic acids is 1. The zero-order valence-electron chi connectivity index (χ0n) is 8.47. The first-order chi connectivity index (χ1) is 5.95. The third-order valence-corrected chi connectivity index (χ3v) is 1.37. The smallest absolute Gasteiger partial charge is 0.306 e. The van der Waals surface area contributed by atoms with Crippen LogP contribution in [0.25, 0.3) is 0 Å². The molecule has 0 radical (unpaired) electrons. The zero-order valence-corrected chi connectivity index (χ0v) is 9.23. The molecule has 2 nitrogen and oxygen atoms in total. The summed E-state index contributed by atoms with van der Waals surface area (Å²) in [7, 11) is 0. The lowest BCUT2D eigenvalue weighted by atomic mass is 10.2. The number of alkyl halides is 1. The molecule has 0 amide bonds. The minimum Gasteiger partial charge on any atom is -0.460 e. The fourth-order valence-corrected chi connectivity index (χ4v) is 0.901. The van der Waals surface area contributed by atoms with Gasteiger partial charge in [0.2, 0.25) is 0 Å². The summed E-state index contributed by atoms with van der Waals surface area (Å²) >= 11 is 5.42. The van der Waals surface area contributed by atoms with Crippen molar-refractivity contribution in [3.05, 3.63) is 12.2 Å². The van der Waals surface area contributed by atoms with Crippen molar-refractivity contribution in [1.29, 1.82) is 0 Å². The average Bonchev–Trinajstić information content (AvgIpc) is 1.94. The molecule has 3 heteroatoms. The highest BCUT2D eigenvalue weighted by molar-refractivity contribution is 6.18. The Hall–Kier alpha value is -0.500. The van der Waals surface area contributed by atoms with Crippen molar-refractivity contribution in [3.8, 4) is 0 Å². The van der Waals surface area contributed by atoms with Crippen LogP contribution in [0.1, 0.15) is 33.6 Å². The van der Waals surface area contributed by atoms with E-state index in [-0.39, 0.29) is 11.6 Å². The molecule has 0 unspecified atom stereocenters. The van der Waals surface area contributed by atoms with Crippen LogP contribution in [0.15, 0.2) is 12.2 Å². The Balaban J connectivity index is 3.58. The van der Waals surface area contributed by atoms with E-state index in [1.807, 2.05) is 32.9 Å². The Kier molecular flexibility index (Phi) is 5.80. The van der Waals surface area contributed by atoms with Gasteiger partial charge in [-0.1, -0.05) is 12.2 Å². The Morgan fingerprint density at radius 3 is 2.46 bits per heavy atom. The summed E-state index contributed by atoms with van der Waals surface area (Å²) in [5.74, 6) is 0.334.